The molecule has 6 nitrogen and oxygen atoms in total. The van der Waals surface area contributed by atoms with Gasteiger partial charge in [-0.1, -0.05) is 19.4 Å². The Bertz CT molecular complexity index is 1020. The van der Waals surface area contributed by atoms with Crippen molar-refractivity contribution < 1.29 is 13.2 Å². The number of hydrogen-bond donors (Lipinski definition) is 0. The SMILES string of the molecule is CC1CCC(c2cccn2C)N(C(=O)c2cccc(S(=O)(=O)N3CCCCC3)c2)CC1. The Morgan fingerprint density at radius 2 is 1.74 bits per heavy atom. The summed E-state index contributed by atoms with van der Waals surface area (Å²) in [7, 11) is -1.56. The molecular formula is C24H33N3O3S. The minimum atomic E-state index is -3.57. The maximum atomic E-state index is 13.6. The van der Waals surface area contributed by atoms with Gasteiger partial charge in [0.25, 0.3) is 5.91 Å². The van der Waals surface area contributed by atoms with Gasteiger partial charge in [-0.05, 0) is 68.4 Å². The molecule has 3 heterocycles. The lowest BCUT2D eigenvalue weighted by molar-refractivity contribution is 0.0673. The van der Waals surface area contributed by atoms with Crippen molar-refractivity contribution in [2.45, 2.75) is 56.4 Å². The first-order chi connectivity index (χ1) is 14.9. The van der Waals surface area contributed by atoms with Crippen molar-refractivity contribution in [3.63, 3.8) is 0 Å². The van der Waals surface area contributed by atoms with Crippen LogP contribution in [0, 0.1) is 5.92 Å². The summed E-state index contributed by atoms with van der Waals surface area (Å²) in [6.45, 7) is 4.03. The monoisotopic (exact) mass is 443 g/mol. The lowest BCUT2D eigenvalue weighted by Gasteiger charge is -2.31. The van der Waals surface area contributed by atoms with Crippen molar-refractivity contribution >= 4 is 15.9 Å². The van der Waals surface area contributed by atoms with E-state index in [9.17, 15) is 13.2 Å². The highest BCUT2D eigenvalue weighted by Crippen LogP contribution is 2.34. The van der Waals surface area contributed by atoms with E-state index >= 15 is 0 Å². The second-order valence-electron chi connectivity index (χ2n) is 9.02. The number of hydrogen-bond acceptors (Lipinski definition) is 3. The number of likely N-dealkylation sites (tertiary alicyclic amines) is 1. The molecule has 2 aliphatic rings. The molecule has 2 unspecified atom stereocenters. The number of sulfonamides is 1. The predicted octanol–water partition coefficient (Wildman–Crippen LogP) is 4.20. The van der Waals surface area contributed by atoms with Gasteiger partial charge in [0, 0.05) is 44.1 Å². The van der Waals surface area contributed by atoms with E-state index in [2.05, 4.69) is 17.6 Å². The van der Waals surface area contributed by atoms with Crippen LogP contribution >= 0.6 is 0 Å². The molecule has 2 aromatic rings. The van der Waals surface area contributed by atoms with Gasteiger partial charge in [-0.3, -0.25) is 4.79 Å². The Morgan fingerprint density at radius 3 is 2.45 bits per heavy atom. The molecule has 2 aliphatic heterocycles. The van der Waals surface area contributed by atoms with Gasteiger partial charge in [-0.15, -0.1) is 0 Å². The molecule has 0 saturated carbocycles. The van der Waals surface area contributed by atoms with Crippen LogP contribution in [0.2, 0.25) is 0 Å². The molecule has 0 N–H and O–H groups in total. The van der Waals surface area contributed by atoms with Gasteiger partial charge in [0.15, 0.2) is 0 Å². The summed E-state index contributed by atoms with van der Waals surface area (Å²) >= 11 is 0. The Balaban J connectivity index is 1.64. The van der Waals surface area contributed by atoms with Gasteiger partial charge in [0.1, 0.15) is 0 Å². The molecule has 0 radical (unpaired) electrons. The second kappa shape index (κ2) is 9.17. The highest BCUT2D eigenvalue weighted by molar-refractivity contribution is 7.89. The standard InChI is InChI=1S/C24H33N3O3S/c1-19-11-12-23(22-10-7-14-25(22)2)27(17-13-19)24(28)20-8-6-9-21(18-20)31(29,30)26-15-4-3-5-16-26/h6-10,14,18-19,23H,3-5,11-13,15-17H2,1-2H3. The molecule has 1 aromatic heterocycles. The van der Waals surface area contributed by atoms with Crippen molar-refractivity contribution in [3.8, 4) is 0 Å². The van der Waals surface area contributed by atoms with Gasteiger partial charge < -0.3 is 9.47 Å². The molecule has 0 spiro atoms. The zero-order valence-corrected chi connectivity index (χ0v) is 19.4. The van der Waals surface area contributed by atoms with E-state index in [0.29, 0.717) is 31.1 Å². The lowest BCUT2D eigenvalue weighted by atomic mass is 10.00. The van der Waals surface area contributed by atoms with E-state index in [-0.39, 0.29) is 16.8 Å². The number of benzene rings is 1. The largest absolute Gasteiger partial charge is 0.353 e. The molecule has 31 heavy (non-hydrogen) atoms. The van der Waals surface area contributed by atoms with Crippen LogP contribution in [0.3, 0.4) is 0 Å². The highest BCUT2D eigenvalue weighted by atomic mass is 32.2. The van der Waals surface area contributed by atoms with Crippen molar-refractivity contribution in [1.82, 2.24) is 13.8 Å². The van der Waals surface area contributed by atoms with E-state index in [1.165, 1.54) is 0 Å². The van der Waals surface area contributed by atoms with Crippen molar-refractivity contribution in [2.24, 2.45) is 13.0 Å². The van der Waals surface area contributed by atoms with Crippen LogP contribution in [-0.2, 0) is 17.1 Å². The van der Waals surface area contributed by atoms with Crippen LogP contribution in [0.5, 0.6) is 0 Å². The van der Waals surface area contributed by atoms with Crippen LogP contribution < -0.4 is 0 Å². The molecule has 0 aliphatic carbocycles. The smallest absolute Gasteiger partial charge is 0.254 e. The number of aryl methyl sites for hydroxylation is 1. The fourth-order valence-electron chi connectivity index (χ4n) is 4.84. The number of nitrogens with zero attached hydrogens (tertiary/aromatic N) is 3. The van der Waals surface area contributed by atoms with Crippen molar-refractivity contribution in [1.29, 1.82) is 0 Å². The summed E-state index contributed by atoms with van der Waals surface area (Å²) < 4.78 is 29.9. The van der Waals surface area contributed by atoms with Crippen LogP contribution in [0.25, 0.3) is 0 Å². The van der Waals surface area contributed by atoms with Crippen LogP contribution in [0.1, 0.15) is 67.5 Å². The zero-order valence-electron chi connectivity index (χ0n) is 18.5. The van der Waals surface area contributed by atoms with Crippen LogP contribution in [-0.4, -0.2) is 47.7 Å². The number of piperidine rings is 1. The van der Waals surface area contributed by atoms with E-state index in [0.717, 1.165) is 44.2 Å². The average molecular weight is 444 g/mol. The van der Waals surface area contributed by atoms with Crippen molar-refractivity contribution in [3.05, 3.63) is 53.9 Å². The summed E-state index contributed by atoms with van der Waals surface area (Å²) in [5.41, 5.74) is 1.58. The average Bonchev–Trinajstić information content (AvgIpc) is 3.11. The van der Waals surface area contributed by atoms with Crippen LogP contribution in [0.4, 0.5) is 0 Å². The number of rotatable bonds is 4. The minimum Gasteiger partial charge on any atom is -0.353 e. The molecule has 2 saturated heterocycles. The Morgan fingerprint density at radius 1 is 0.968 bits per heavy atom. The van der Waals surface area contributed by atoms with Gasteiger partial charge in [0.05, 0.1) is 10.9 Å². The van der Waals surface area contributed by atoms with Gasteiger partial charge in [0.2, 0.25) is 10.0 Å². The first-order valence-corrected chi connectivity index (χ1v) is 12.8. The number of carbonyl (C=O) groups excluding carboxylic acids is 1. The third kappa shape index (κ3) is 4.58. The number of aromatic nitrogens is 1. The zero-order chi connectivity index (χ0) is 22.0. The molecular weight excluding hydrogens is 410 g/mol. The Hall–Kier alpha value is -2.12. The van der Waals surface area contributed by atoms with Crippen LogP contribution in [0.15, 0.2) is 47.5 Å². The third-order valence-electron chi connectivity index (χ3n) is 6.79. The maximum Gasteiger partial charge on any atom is 0.254 e. The molecule has 0 bridgehead atoms. The van der Waals surface area contributed by atoms with E-state index < -0.39 is 10.0 Å². The van der Waals surface area contributed by atoms with E-state index in [1.807, 2.05) is 24.2 Å². The fourth-order valence-corrected chi connectivity index (χ4v) is 6.40. The molecule has 2 fully saturated rings. The van der Waals surface area contributed by atoms with E-state index in [1.54, 1.807) is 28.6 Å². The van der Waals surface area contributed by atoms with Gasteiger partial charge in [-0.25, -0.2) is 8.42 Å². The predicted molar refractivity (Wildman–Crippen MR) is 121 cm³/mol. The molecule has 168 valence electrons. The van der Waals surface area contributed by atoms with Gasteiger partial charge >= 0.3 is 0 Å². The maximum absolute atomic E-state index is 13.6. The second-order valence-corrected chi connectivity index (χ2v) is 11.0. The minimum absolute atomic E-state index is 0.000178. The molecule has 7 heteroatoms. The molecule has 2 atom stereocenters. The summed E-state index contributed by atoms with van der Waals surface area (Å²) in [4.78, 5) is 15.8. The Labute approximate surface area is 185 Å². The quantitative estimate of drug-likeness (QED) is 0.711. The van der Waals surface area contributed by atoms with Crippen molar-refractivity contribution in [2.75, 3.05) is 19.6 Å². The normalized spacial score (nSPS) is 23.5. The van der Waals surface area contributed by atoms with E-state index in [4.69, 9.17) is 0 Å². The fraction of sp³-hybridized carbons (Fsp3) is 0.542. The first kappa shape index (κ1) is 22.1. The summed E-state index contributed by atoms with van der Waals surface area (Å²) in [5, 5.41) is 0. The summed E-state index contributed by atoms with van der Waals surface area (Å²) in [6.07, 6.45) is 7.80. The third-order valence-corrected chi connectivity index (χ3v) is 8.69. The number of carbonyl (C=O) groups is 1. The number of amides is 1. The summed E-state index contributed by atoms with van der Waals surface area (Å²) in [6, 6.07) is 10.7. The topological polar surface area (TPSA) is 62.6 Å². The molecule has 4 rings (SSSR count). The first-order valence-electron chi connectivity index (χ1n) is 11.4. The molecule has 1 amide bonds. The summed E-state index contributed by atoms with van der Waals surface area (Å²) in [5.74, 6) is 0.474. The van der Waals surface area contributed by atoms with Gasteiger partial charge in [-0.2, -0.15) is 4.31 Å². The molecule has 1 aromatic carbocycles. The highest BCUT2D eigenvalue weighted by Gasteiger charge is 2.32. The lowest BCUT2D eigenvalue weighted by Crippen LogP contribution is -2.37. The Kier molecular flexibility index (Phi) is 6.53.